The highest BCUT2D eigenvalue weighted by atomic mass is 35.5. The fourth-order valence-electron chi connectivity index (χ4n) is 3.19. The average molecular weight is 341 g/mol. The standard InChI is InChI=1S/C16H18Cl2N2O2/c1-9(22-15-5-4-12(17)8-13(15)18)16(21)20-19-14-7-10-2-3-11(14)6-10/h4-5,8-11H,2-3,6-7H2,1H3,(H,20,21)/b19-14+/t9-,10+,11+/m1/s1. The molecule has 2 saturated carbocycles. The van der Waals surface area contributed by atoms with E-state index in [9.17, 15) is 4.79 Å². The minimum Gasteiger partial charge on any atom is -0.479 e. The molecule has 1 amide bonds. The molecule has 0 aliphatic heterocycles. The molecular weight excluding hydrogens is 323 g/mol. The van der Waals surface area contributed by atoms with Crippen LogP contribution < -0.4 is 10.2 Å². The Balaban J connectivity index is 1.57. The van der Waals surface area contributed by atoms with Crippen LogP contribution in [0.4, 0.5) is 0 Å². The van der Waals surface area contributed by atoms with E-state index < -0.39 is 6.10 Å². The Bertz CT molecular complexity index is 618. The number of carbonyl (C=O) groups is 1. The van der Waals surface area contributed by atoms with Crippen molar-refractivity contribution in [3.63, 3.8) is 0 Å². The van der Waals surface area contributed by atoms with Gasteiger partial charge in [-0.25, -0.2) is 5.43 Å². The summed E-state index contributed by atoms with van der Waals surface area (Å²) in [5, 5.41) is 5.19. The number of hydrazone groups is 1. The van der Waals surface area contributed by atoms with Crippen molar-refractivity contribution in [1.82, 2.24) is 5.43 Å². The predicted octanol–water partition coefficient (Wildman–Crippen LogP) is 4.05. The lowest BCUT2D eigenvalue weighted by Gasteiger charge is -2.16. The topological polar surface area (TPSA) is 50.7 Å². The lowest BCUT2D eigenvalue weighted by Crippen LogP contribution is -2.34. The summed E-state index contributed by atoms with van der Waals surface area (Å²) in [4.78, 5) is 12.1. The SMILES string of the molecule is C[C@@H](Oc1ccc(Cl)cc1Cl)C(=O)N/N=C1\C[C@H]2CC[C@H]1C2. The maximum Gasteiger partial charge on any atom is 0.280 e. The lowest BCUT2D eigenvalue weighted by molar-refractivity contribution is -0.127. The van der Waals surface area contributed by atoms with Crippen molar-refractivity contribution in [3.05, 3.63) is 28.2 Å². The highest BCUT2D eigenvalue weighted by Gasteiger charge is 2.36. The second-order valence-corrected chi connectivity index (χ2v) is 6.84. The van der Waals surface area contributed by atoms with E-state index in [1.165, 1.54) is 19.3 Å². The molecule has 2 bridgehead atoms. The first-order valence-corrected chi connectivity index (χ1v) is 8.26. The number of nitrogens with zero attached hydrogens (tertiary/aromatic N) is 1. The smallest absolute Gasteiger partial charge is 0.280 e. The van der Waals surface area contributed by atoms with Crippen molar-refractivity contribution >= 4 is 34.8 Å². The normalized spacial score (nSPS) is 26.2. The Morgan fingerprint density at radius 2 is 2.23 bits per heavy atom. The summed E-state index contributed by atoms with van der Waals surface area (Å²) < 4.78 is 5.57. The number of amides is 1. The van der Waals surface area contributed by atoms with Crippen LogP contribution in [0.15, 0.2) is 23.3 Å². The van der Waals surface area contributed by atoms with Gasteiger partial charge in [0.05, 0.1) is 5.02 Å². The molecule has 0 radical (unpaired) electrons. The van der Waals surface area contributed by atoms with E-state index in [1.807, 2.05) is 0 Å². The van der Waals surface area contributed by atoms with E-state index >= 15 is 0 Å². The first kappa shape index (κ1) is 15.6. The van der Waals surface area contributed by atoms with Crippen LogP contribution in [0, 0.1) is 11.8 Å². The molecule has 1 N–H and O–H groups in total. The minimum absolute atomic E-state index is 0.277. The van der Waals surface area contributed by atoms with Crippen LogP contribution in [0.3, 0.4) is 0 Å². The van der Waals surface area contributed by atoms with Gasteiger partial charge in [0.15, 0.2) is 6.10 Å². The largest absolute Gasteiger partial charge is 0.479 e. The van der Waals surface area contributed by atoms with E-state index in [0.717, 1.165) is 18.1 Å². The number of carbonyl (C=O) groups excluding carboxylic acids is 1. The van der Waals surface area contributed by atoms with Gasteiger partial charge in [0.1, 0.15) is 5.75 Å². The van der Waals surface area contributed by atoms with Crippen molar-refractivity contribution in [1.29, 1.82) is 0 Å². The molecule has 0 heterocycles. The van der Waals surface area contributed by atoms with Crippen molar-refractivity contribution in [3.8, 4) is 5.75 Å². The molecule has 1 aromatic carbocycles. The van der Waals surface area contributed by atoms with Crippen LogP contribution in [0.1, 0.15) is 32.6 Å². The van der Waals surface area contributed by atoms with Crippen LogP contribution >= 0.6 is 23.2 Å². The van der Waals surface area contributed by atoms with E-state index in [1.54, 1.807) is 25.1 Å². The van der Waals surface area contributed by atoms with Gasteiger partial charge in [0.2, 0.25) is 0 Å². The summed E-state index contributed by atoms with van der Waals surface area (Å²) in [5.41, 5.74) is 3.74. The molecule has 118 valence electrons. The summed E-state index contributed by atoms with van der Waals surface area (Å²) in [6.45, 7) is 1.67. The van der Waals surface area contributed by atoms with E-state index in [2.05, 4.69) is 10.5 Å². The van der Waals surface area contributed by atoms with Gasteiger partial charge in [-0.05, 0) is 62.6 Å². The zero-order valence-corrected chi connectivity index (χ0v) is 13.8. The van der Waals surface area contributed by atoms with Gasteiger partial charge in [-0.3, -0.25) is 4.79 Å². The molecule has 3 rings (SSSR count). The quantitative estimate of drug-likeness (QED) is 0.840. The van der Waals surface area contributed by atoms with Crippen molar-refractivity contribution in [2.45, 2.75) is 38.7 Å². The molecule has 22 heavy (non-hydrogen) atoms. The molecule has 0 aromatic heterocycles. The third kappa shape index (κ3) is 3.39. The maximum absolute atomic E-state index is 12.1. The van der Waals surface area contributed by atoms with Crippen LogP contribution in [0.5, 0.6) is 5.75 Å². The fourth-order valence-corrected chi connectivity index (χ4v) is 3.65. The highest BCUT2D eigenvalue weighted by molar-refractivity contribution is 6.35. The molecular formula is C16H18Cl2N2O2. The molecule has 6 heteroatoms. The van der Waals surface area contributed by atoms with Crippen molar-refractivity contribution < 1.29 is 9.53 Å². The van der Waals surface area contributed by atoms with E-state index in [4.69, 9.17) is 27.9 Å². The Kier molecular flexibility index (Phi) is 4.59. The Labute approximate surface area is 139 Å². The summed E-state index contributed by atoms with van der Waals surface area (Å²) in [5.74, 6) is 1.48. The third-order valence-electron chi connectivity index (χ3n) is 4.39. The Morgan fingerprint density at radius 1 is 1.41 bits per heavy atom. The summed E-state index contributed by atoms with van der Waals surface area (Å²) in [6.07, 6.45) is 4.06. The number of fused-ring (bicyclic) bond motifs is 2. The van der Waals surface area contributed by atoms with Crippen LogP contribution in [0.2, 0.25) is 10.0 Å². The molecule has 3 atom stereocenters. The number of halogens is 2. The van der Waals surface area contributed by atoms with Gasteiger partial charge in [-0.15, -0.1) is 0 Å². The van der Waals surface area contributed by atoms with Crippen LogP contribution in [-0.2, 0) is 4.79 Å². The first-order chi connectivity index (χ1) is 10.5. The molecule has 0 unspecified atom stereocenters. The van der Waals surface area contributed by atoms with Crippen molar-refractivity contribution in [2.24, 2.45) is 16.9 Å². The lowest BCUT2D eigenvalue weighted by atomic mass is 9.99. The summed E-state index contributed by atoms with van der Waals surface area (Å²) in [7, 11) is 0. The van der Waals surface area contributed by atoms with Crippen LogP contribution in [0.25, 0.3) is 0 Å². The average Bonchev–Trinajstić information content (AvgIpc) is 3.10. The zero-order chi connectivity index (χ0) is 15.7. The summed E-state index contributed by atoms with van der Waals surface area (Å²) >= 11 is 11.9. The number of ether oxygens (including phenoxy) is 1. The Hall–Kier alpha value is -1.26. The van der Waals surface area contributed by atoms with Gasteiger partial charge < -0.3 is 4.74 Å². The predicted molar refractivity (Wildman–Crippen MR) is 87.6 cm³/mol. The number of hydrogen-bond acceptors (Lipinski definition) is 3. The number of hydrogen-bond donors (Lipinski definition) is 1. The van der Waals surface area contributed by atoms with Crippen LogP contribution in [-0.4, -0.2) is 17.7 Å². The zero-order valence-electron chi connectivity index (χ0n) is 12.3. The van der Waals surface area contributed by atoms with Gasteiger partial charge >= 0.3 is 0 Å². The fraction of sp³-hybridized carbons (Fsp3) is 0.500. The monoisotopic (exact) mass is 340 g/mol. The Morgan fingerprint density at radius 3 is 2.86 bits per heavy atom. The van der Waals surface area contributed by atoms with Crippen molar-refractivity contribution in [2.75, 3.05) is 0 Å². The second kappa shape index (κ2) is 6.47. The number of rotatable bonds is 4. The summed E-state index contributed by atoms with van der Waals surface area (Å²) in [6, 6.07) is 4.90. The first-order valence-electron chi connectivity index (χ1n) is 7.51. The molecule has 0 saturated heterocycles. The molecule has 2 aliphatic rings. The molecule has 2 aliphatic carbocycles. The minimum atomic E-state index is -0.679. The maximum atomic E-state index is 12.1. The van der Waals surface area contributed by atoms with E-state index in [0.29, 0.717) is 21.7 Å². The molecule has 1 aromatic rings. The van der Waals surface area contributed by atoms with Gasteiger partial charge in [-0.1, -0.05) is 23.2 Å². The van der Waals surface area contributed by atoms with Gasteiger partial charge in [0, 0.05) is 10.7 Å². The van der Waals surface area contributed by atoms with E-state index in [-0.39, 0.29) is 5.91 Å². The second-order valence-electron chi connectivity index (χ2n) is 5.99. The molecule has 4 nitrogen and oxygen atoms in total. The number of benzene rings is 1. The van der Waals surface area contributed by atoms with Gasteiger partial charge in [0.25, 0.3) is 5.91 Å². The third-order valence-corrected chi connectivity index (χ3v) is 4.92. The van der Waals surface area contributed by atoms with Gasteiger partial charge in [-0.2, -0.15) is 5.10 Å². The molecule has 2 fully saturated rings. The highest BCUT2D eigenvalue weighted by Crippen LogP contribution is 2.42. The molecule has 0 spiro atoms. The number of nitrogens with one attached hydrogen (secondary N) is 1.